The molecule has 0 bridgehead atoms. The normalized spacial score (nSPS) is 12.2. The number of benzene rings is 2. The van der Waals surface area contributed by atoms with E-state index in [9.17, 15) is 4.39 Å². The van der Waals surface area contributed by atoms with Gasteiger partial charge in [0.2, 0.25) is 0 Å². The summed E-state index contributed by atoms with van der Waals surface area (Å²) in [6.07, 6.45) is 0.864. The maximum absolute atomic E-state index is 13.4. The molecule has 0 aliphatic carbocycles. The van der Waals surface area contributed by atoms with Crippen LogP contribution in [-0.4, -0.2) is 0 Å². The van der Waals surface area contributed by atoms with Crippen molar-refractivity contribution in [1.82, 2.24) is 0 Å². The van der Waals surface area contributed by atoms with E-state index < -0.39 is 0 Å². The minimum atomic E-state index is -0.265. The molecule has 2 nitrogen and oxygen atoms in total. The van der Waals surface area contributed by atoms with E-state index >= 15 is 0 Å². The first-order valence-corrected chi connectivity index (χ1v) is 6.39. The molecule has 0 fully saturated rings. The smallest absolute Gasteiger partial charge is 0.130 e. The molecule has 0 aromatic heterocycles. The van der Waals surface area contributed by atoms with Gasteiger partial charge >= 0.3 is 0 Å². The van der Waals surface area contributed by atoms with Crippen LogP contribution in [0.4, 0.5) is 4.39 Å². The molecule has 0 aliphatic rings. The van der Waals surface area contributed by atoms with Crippen LogP contribution >= 0.6 is 0 Å². The quantitative estimate of drug-likeness (QED) is 0.886. The van der Waals surface area contributed by atoms with Crippen molar-refractivity contribution < 1.29 is 9.13 Å². The van der Waals surface area contributed by atoms with Crippen LogP contribution < -0.4 is 10.5 Å². The van der Waals surface area contributed by atoms with Crippen LogP contribution in [-0.2, 0) is 0 Å². The number of hydrogen-bond acceptors (Lipinski definition) is 2. The third-order valence-corrected chi connectivity index (χ3v) is 3.11. The van der Waals surface area contributed by atoms with E-state index in [4.69, 9.17) is 10.5 Å². The molecule has 0 spiro atoms. The van der Waals surface area contributed by atoms with Gasteiger partial charge in [0.1, 0.15) is 17.3 Å². The highest BCUT2D eigenvalue weighted by Crippen LogP contribution is 2.26. The molecule has 2 aromatic rings. The molecule has 0 heterocycles. The monoisotopic (exact) mass is 259 g/mol. The van der Waals surface area contributed by atoms with E-state index in [-0.39, 0.29) is 11.9 Å². The predicted molar refractivity (Wildman–Crippen MR) is 74.9 cm³/mol. The second-order valence-electron chi connectivity index (χ2n) is 4.60. The molecule has 2 aromatic carbocycles. The third-order valence-electron chi connectivity index (χ3n) is 3.11. The average Bonchev–Trinajstić information content (AvgIpc) is 2.42. The van der Waals surface area contributed by atoms with E-state index in [1.807, 2.05) is 31.2 Å². The largest absolute Gasteiger partial charge is 0.457 e. The lowest BCUT2D eigenvalue weighted by Gasteiger charge is -2.12. The number of rotatable bonds is 4. The molecule has 0 saturated carbocycles. The summed E-state index contributed by atoms with van der Waals surface area (Å²) in [6.45, 7) is 3.76. The molecular formula is C16H18FNO. The molecule has 0 aliphatic heterocycles. The van der Waals surface area contributed by atoms with Crippen molar-refractivity contribution in [2.24, 2.45) is 5.73 Å². The van der Waals surface area contributed by atoms with Crippen LogP contribution in [0, 0.1) is 12.7 Å². The Morgan fingerprint density at radius 2 is 1.89 bits per heavy atom. The molecule has 19 heavy (non-hydrogen) atoms. The van der Waals surface area contributed by atoms with Gasteiger partial charge in [-0.15, -0.1) is 0 Å². The highest BCUT2D eigenvalue weighted by molar-refractivity contribution is 5.36. The van der Waals surface area contributed by atoms with E-state index in [1.165, 1.54) is 6.07 Å². The van der Waals surface area contributed by atoms with Gasteiger partial charge < -0.3 is 10.5 Å². The summed E-state index contributed by atoms with van der Waals surface area (Å²) < 4.78 is 19.1. The van der Waals surface area contributed by atoms with Crippen molar-refractivity contribution in [3.05, 3.63) is 59.4 Å². The van der Waals surface area contributed by atoms with Gasteiger partial charge in [-0.25, -0.2) is 4.39 Å². The average molecular weight is 259 g/mol. The first kappa shape index (κ1) is 13.6. The SMILES string of the molecule is CCC(N)c1cccc(Oc2ccc(C)c(F)c2)c1. The molecule has 1 atom stereocenters. The van der Waals surface area contributed by atoms with Gasteiger partial charge in [-0.1, -0.05) is 25.1 Å². The zero-order valence-electron chi connectivity index (χ0n) is 11.2. The van der Waals surface area contributed by atoms with E-state index in [1.54, 1.807) is 19.1 Å². The first-order valence-electron chi connectivity index (χ1n) is 6.39. The Morgan fingerprint density at radius 1 is 1.16 bits per heavy atom. The van der Waals surface area contributed by atoms with Crippen LogP contribution in [0.1, 0.15) is 30.5 Å². The predicted octanol–water partition coefficient (Wildman–Crippen LogP) is 4.34. The van der Waals surface area contributed by atoms with Gasteiger partial charge in [0.15, 0.2) is 0 Å². The van der Waals surface area contributed by atoms with Gasteiger partial charge in [-0.2, -0.15) is 0 Å². The van der Waals surface area contributed by atoms with Crippen LogP contribution in [0.25, 0.3) is 0 Å². The van der Waals surface area contributed by atoms with Crippen molar-refractivity contribution in [3.63, 3.8) is 0 Å². The molecule has 2 N–H and O–H groups in total. The second kappa shape index (κ2) is 5.85. The van der Waals surface area contributed by atoms with Crippen molar-refractivity contribution in [2.75, 3.05) is 0 Å². The van der Waals surface area contributed by atoms with Crippen molar-refractivity contribution in [2.45, 2.75) is 26.3 Å². The fraction of sp³-hybridized carbons (Fsp3) is 0.250. The number of halogens is 1. The first-order chi connectivity index (χ1) is 9.10. The van der Waals surface area contributed by atoms with Gasteiger partial charge in [0, 0.05) is 12.1 Å². The third kappa shape index (κ3) is 3.32. The molecule has 100 valence electrons. The summed E-state index contributed by atoms with van der Waals surface area (Å²) in [6, 6.07) is 12.4. The summed E-state index contributed by atoms with van der Waals surface area (Å²) in [5.41, 5.74) is 7.61. The summed E-state index contributed by atoms with van der Waals surface area (Å²) >= 11 is 0. The Bertz CT molecular complexity index is 568. The molecule has 0 amide bonds. The summed E-state index contributed by atoms with van der Waals surface area (Å²) in [7, 11) is 0. The second-order valence-corrected chi connectivity index (χ2v) is 4.60. The maximum Gasteiger partial charge on any atom is 0.130 e. The molecule has 0 radical (unpaired) electrons. The van der Waals surface area contributed by atoms with Crippen LogP contribution in [0.5, 0.6) is 11.5 Å². The number of nitrogens with two attached hydrogens (primary N) is 1. The lowest BCUT2D eigenvalue weighted by Crippen LogP contribution is -2.08. The highest BCUT2D eigenvalue weighted by atomic mass is 19.1. The van der Waals surface area contributed by atoms with Crippen LogP contribution in [0.2, 0.25) is 0 Å². The summed E-state index contributed by atoms with van der Waals surface area (Å²) in [4.78, 5) is 0. The Balaban J connectivity index is 2.20. The Hall–Kier alpha value is -1.87. The standard InChI is InChI=1S/C16H18FNO/c1-3-16(18)12-5-4-6-13(9-12)19-14-8-7-11(2)15(17)10-14/h4-10,16H,3,18H2,1-2H3. The van der Waals surface area contributed by atoms with Crippen LogP contribution in [0.3, 0.4) is 0 Å². The molecule has 3 heteroatoms. The molecule has 2 rings (SSSR count). The molecule has 1 unspecified atom stereocenters. The van der Waals surface area contributed by atoms with Gasteiger partial charge in [-0.3, -0.25) is 0 Å². The summed E-state index contributed by atoms with van der Waals surface area (Å²) in [5.74, 6) is 0.897. The van der Waals surface area contributed by atoms with Crippen LogP contribution in [0.15, 0.2) is 42.5 Å². The summed E-state index contributed by atoms with van der Waals surface area (Å²) in [5, 5.41) is 0. The van der Waals surface area contributed by atoms with Crippen molar-refractivity contribution >= 4 is 0 Å². The molecular weight excluding hydrogens is 241 g/mol. The maximum atomic E-state index is 13.4. The van der Waals surface area contributed by atoms with Gasteiger partial charge in [-0.05, 0) is 42.7 Å². The Labute approximate surface area is 113 Å². The zero-order chi connectivity index (χ0) is 13.8. The Morgan fingerprint density at radius 3 is 2.58 bits per heavy atom. The topological polar surface area (TPSA) is 35.2 Å². The number of aryl methyl sites for hydroxylation is 1. The van der Waals surface area contributed by atoms with Crippen molar-refractivity contribution in [1.29, 1.82) is 0 Å². The molecule has 0 saturated heterocycles. The highest BCUT2D eigenvalue weighted by Gasteiger charge is 2.06. The number of hydrogen-bond donors (Lipinski definition) is 1. The van der Waals surface area contributed by atoms with Gasteiger partial charge in [0.25, 0.3) is 0 Å². The minimum Gasteiger partial charge on any atom is -0.457 e. The fourth-order valence-corrected chi connectivity index (χ4v) is 1.82. The Kier molecular flexibility index (Phi) is 4.17. The van der Waals surface area contributed by atoms with Crippen molar-refractivity contribution in [3.8, 4) is 11.5 Å². The fourth-order valence-electron chi connectivity index (χ4n) is 1.82. The lowest BCUT2D eigenvalue weighted by atomic mass is 10.1. The number of ether oxygens (including phenoxy) is 1. The lowest BCUT2D eigenvalue weighted by molar-refractivity contribution is 0.474. The van der Waals surface area contributed by atoms with E-state index in [0.29, 0.717) is 17.1 Å². The minimum absolute atomic E-state index is 0.00157. The van der Waals surface area contributed by atoms with Gasteiger partial charge in [0.05, 0.1) is 0 Å². The van der Waals surface area contributed by atoms with E-state index in [2.05, 4.69) is 0 Å². The van der Waals surface area contributed by atoms with E-state index in [0.717, 1.165) is 12.0 Å². The zero-order valence-corrected chi connectivity index (χ0v) is 11.2.